The highest BCUT2D eigenvalue weighted by Gasteiger charge is 2.24. The van der Waals surface area contributed by atoms with E-state index in [1.54, 1.807) is 6.20 Å². The third-order valence-corrected chi connectivity index (χ3v) is 6.37. The Balaban J connectivity index is 1.17. The first-order chi connectivity index (χ1) is 15.1. The minimum Gasteiger partial charge on any atom is -0.493 e. The van der Waals surface area contributed by atoms with Gasteiger partial charge in [0.1, 0.15) is 11.6 Å². The van der Waals surface area contributed by atoms with Gasteiger partial charge in [0.15, 0.2) is 0 Å². The second-order valence-corrected chi connectivity index (χ2v) is 8.62. The van der Waals surface area contributed by atoms with Crippen molar-refractivity contribution in [2.24, 2.45) is 5.92 Å². The molecule has 0 saturated carbocycles. The number of benzene rings is 1. The summed E-state index contributed by atoms with van der Waals surface area (Å²) in [6, 6.07) is 6.12. The van der Waals surface area contributed by atoms with Gasteiger partial charge in [0.05, 0.1) is 13.0 Å². The molecule has 7 nitrogen and oxygen atoms in total. The largest absolute Gasteiger partial charge is 0.493 e. The fraction of sp³-hybridized carbons (Fsp3) is 0.542. The lowest BCUT2D eigenvalue weighted by Crippen LogP contribution is -2.40. The number of carbonyl (C=O) groups is 2. The molecule has 2 aliphatic rings. The molecule has 0 atom stereocenters. The van der Waals surface area contributed by atoms with Gasteiger partial charge in [-0.15, -0.1) is 0 Å². The maximum absolute atomic E-state index is 12.8. The maximum Gasteiger partial charge on any atom is 0.226 e. The number of fused-ring (bicyclic) bond motifs is 1. The Bertz CT molecular complexity index is 915. The van der Waals surface area contributed by atoms with Crippen molar-refractivity contribution in [3.8, 4) is 5.75 Å². The molecule has 166 valence electrons. The van der Waals surface area contributed by atoms with Gasteiger partial charge in [-0.05, 0) is 55.7 Å². The molecular formula is C24H32N4O3. The Kier molecular flexibility index (Phi) is 6.89. The lowest BCUT2D eigenvalue weighted by atomic mass is 9.92. The Labute approximate surface area is 183 Å². The van der Waals surface area contributed by atoms with Crippen LogP contribution in [-0.4, -0.2) is 52.5 Å². The van der Waals surface area contributed by atoms with E-state index in [2.05, 4.69) is 16.4 Å². The SMILES string of the molecule is Cc1nccn1CCNC(=O)CC1CCN(C(=O)Cc2ccc3c(c2)CCCO3)CC1. The lowest BCUT2D eigenvalue weighted by Gasteiger charge is -2.32. The third kappa shape index (κ3) is 5.66. The van der Waals surface area contributed by atoms with Gasteiger partial charge in [0, 0.05) is 45.0 Å². The molecule has 0 spiro atoms. The molecule has 1 fully saturated rings. The standard InChI is InChI=1S/C24H32N4O3/c1-18-25-8-12-27(18)13-9-26-23(29)16-19-6-10-28(11-7-19)24(30)17-20-4-5-22-21(15-20)3-2-14-31-22/h4-5,8,12,15,19H,2-3,6-7,9-11,13-14,16-17H2,1H3,(H,26,29). The van der Waals surface area contributed by atoms with E-state index in [9.17, 15) is 9.59 Å². The van der Waals surface area contributed by atoms with Crippen molar-refractivity contribution in [3.63, 3.8) is 0 Å². The van der Waals surface area contributed by atoms with Crippen LogP contribution in [0.5, 0.6) is 5.75 Å². The summed E-state index contributed by atoms with van der Waals surface area (Å²) in [5.41, 5.74) is 2.27. The van der Waals surface area contributed by atoms with Gasteiger partial charge in [-0.1, -0.05) is 12.1 Å². The van der Waals surface area contributed by atoms with Crippen molar-refractivity contribution in [1.29, 1.82) is 0 Å². The highest BCUT2D eigenvalue weighted by Crippen LogP contribution is 2.26. The highest BCUT2D eigenvalue weighted by molar-refractivity contribution is 5.79. The third-order valence-electron chi connectivity index (χ3n) is 6.37. The average Bonchev–Trinajstić information content (AvgIpc) is 3.19. The molecule has 0 radical (unpaired) electrons. The fourth-order valence-corrected chi connectivity index (χ4v) is 4.49. The van der Waals surface area contributed by atoms with E-state index >= 15 is 0 Å². The normalized spacial score (nSPS) is 16.5. The quantitative estimate of drug-likeness (QED) is 0.741. The predicted molar refractivity (Wildman–Crippen MR) is 118 cm³/mol. The van der Waals surface area contributed by atoms with Gasteiger partial charge in [0.25, 0.3) is 0 Å². The number of hydrogen-bond acceptors (Lipinski definition) is 4. The maximum atomic E-state index is 12.8. The Morgan fingerprint density at radius 2 is 2.10 bits per heavy atom. The number of amides is 2. The summed E-state index contributed by atoms with van der Waals surface area (Å²) in [5.74, 6) is 2.53. The van der Waals surface area contributed by atoms with E-state index in [1.165, 1.54) is 5.56 Å². The summed E-state index contributed by atoms with van der Waals surface area (Å²) < 4.78 is 7.69. The summed E-state index contributed by atoms with van der Waals surface area (Å²) in [6.45, 7) is 5.55. The van der Waals surface area contributed by atoms with E-state index in [0.717, 1.165) is 69.1 Å². The Morgan fingerprint density at radius 1 is 1.26 bits per heavy atom. The van der Waals surface area contributed by atoms with Crippen molar-refractivity contribution in [2.75, 3.05) is 26.2 Å². The van der Waals surface area contributed by atoms with Gasteiger partial charge < -0.3 is 19.5 Å². The van der Waals surface area contributed by atoms with Crippen LogP contribution < -0.4 is 10.1 Å². The van der Waals surface area contributed by atoms with Crippen LogP contribution in [0.3, 0.4) is 0 Å². The molecule has 1 saturated heterocycles. The summed E-state index contributed by atoms with van der Waals surface area (Å²) in [5, 5.41) is 3.01. The minimum atomic E-state index is 0.0961. The van der Waals surface area contributed by atoms with Crippen LogP contribution in [0, 0.1) is 12.8 Å². The number of nitrogens with one attached hydrogen (secondary N) is 1. The number of carbonyl (C=O) groups excluding carboxylic acids is 2. The smallest absolute Gasteiger partial charge is 0.226 e. The molecule has 1 aromatic heterocycles. The van der Waals surface area contributed by atoms with Crippen LogP contribution >= 0.6 is 0 Å². The molecule has 2 aromatic rings. The van der Waals surface area contributed by atoms with E-state index in [0.29, 0.717) is 25.3 Å². The summed E-state index contributed by atoms with van der Waals surface area (Å²) >= 11 is 0. The zero-order valence-electron chi connectivity index (χ0n) is 18.3. The van der Waals surface area contributed by atoms with Crippen molar-refractivity contribution >= 4 is 11.8 Å². The van der Waals surface area contributed by atoms with Crippen molar-refractivity contribution in [1.82, 2.24) is 19.8 Å². The monoisotopic (exact) mass is 424 g/mol. The van der Waals surface area contributed by atoms with Crippen LogP contribution in [0.15, 0.2) is 30.6 Å². The number of rotatable bonds is 7. The molecule has 0 bridgehead atoms. The predicted octanol–water partition coefficient (Wildman–Crippen LogP) is 2.50. The molecule has 4 rings (SSSR count). The number of aryl methyl sites for hydroxylation is 2. The Morgan fingerprint density at radius 3 is 2.87 bits per heavy atom. The fourth-order valence-electron chi connectivity index (χ4n) is 4.49. The zero-order valence-corrected chi connectivity index (χ0v) is 18.3. The first kappa shape index (κ1) is 21.4. The first-order valence-corrected chi connectivity index (χ1v) is 11.4. The van der Waals surface area contributed by atoms with Crippen LogP contribution in [-0.2, 0) is 29.0 Å². The van der Waals surface area contributed by atoms with E-state index < -0.39 is 0 Å². The second kappa shape index (κ2) is 9.98. The Hall–Kier alpha value is -2.83. The van der Waals surface area contributed by atoms with Crippen molar-refractivity contribution < 1.29 is 14.3 Å². The van der Waals surface area contributed by atoms with Crippen LogP contribution in [0.2, 0.25) is 0 Å². The number of hydrogen-bond donors (Lipinski definition) is 1. The van der Waals surface area contributed by atoms with Crippen LogP contribution in [0.25, 0.3) is 0 Å². The molecule has 1 N–H and O–H groups in total. The summed E-state index contributed by atoms with van der Waals surface area (Å²) in [6.07, 6.45) is 8.50. The molecule has 7 heteroatoms. The van der Waals surface area contributed by atoms with Gasteiger partial charge in [-0.3, -0.25) is 9.59 Å². The second-order valence-electron chi connectivity index (χ2n) is 8.62. The molecule has 1 aromatic carbocycles. The highest BCUT2D eigenvalue weighted by atomic mass is 16.5. The molecular weight excluding hydrogens is 392 g/mol. The van der Waals surface area contributed by atoms with Crippen LogP contribution in [0.1, 0.15) is 42.6 Å². The number of ether oxygens (including phenoxy) is 1. The molecule has 3 heterocycles. The van der Waals surface area contributed by atoms with Gasteiger partial charge in [-0.25, -0.2) is 4.98 Å². The summed E-state index contributed by atoms with van der Waals surface area (Å²) in [4.78, 5) is 31.2. The van der Waals surface area contributed by atoms with Crippen molar-refractivity contribution in [3.05, 3.63) is 47.5 Å². The van der Waals surface area contributed by atoms with Crippen molar-refractivity contribution in [2.45, 2.75) is 52.0 Å². The number of likely N-dealkylation sites (tertiary alicyclic amines) is 1. The lowest BCUT2D eigenvalue weighted by molar-refractivity contribution is -0.132. The molecule has 31 heavy (non-hydrogen) atoms. The summed E-state index contributed by atoms with van der Waals surface area (Å²) in [7, 11) is 0. The molecule has 2 amide bonds. The number of aromatic nitrogens is 2. The van der Waals surface area contributed by atoms with Gasteiger partial charge in [-0.2, -0.15) is 0 Å². The van der Waals surface area contributed by atoms with Crippen LogP contribution in [0.4, 0.5) is 0 Å². The zero-order chi connectivity index (χ0) is 21.6. The number of nitrogens with zero attached hydrogens (tertiary/aromatic N) is 3. The topological polar surface area (TPSA) is 76.5 Å². The average molecular weight is 425 g/mol. The van der Waals surface area contributed by atoms with Gasteiger partial charge in [0.2, 0.25) is 11.8 Å². The van der Waals surface area contributed by atoms with Gasteiger partial charge >= 0.3 is 0 Å². The molecule has 0 aliphatic carbocycles. The number of piperidine rings is 1. The van der Waals surface area contributed by atoms with E-state index in [4.69, 9.17) is 4.74 Å². The van der Waals surface area contributed by atoms with E-state index in [-0.39, 0.29) is 11.8 Å². The first-order valence-electron chi connectivity index (χ1n) is 11.4. The molecule has 2 aliphatic heterocycles. The van der Waals surface area contributed by atoms with E-state index in [1.807, 2.05) is 34.7 Å². The minimum absolute atomic E-state index is 0.0961. The number of imidazole rings is 1. The molecule has 0 unspecified atom stereocenters.